The number of H-pyrrole nitrogens is 3. The molecule has 2 aliphatic rings. The third kappa shape index (κ3) is 29.1. The van der Waals surface area contributed by atoms with Crippen molar-refractivity contribution in [1.82, 2.24) is 77.7 Å². The Morgan fingerprint density at radius 2 is 0.850 bits per heavy atom. The molecule has 39 heteroatoms. The van der Waals surface area contributed by atoms with Gasteiger partial charge in [-0.05, 0) is 200 Å². The van der Waals surface area contributed by atoms with Crippen molar-refractivity contribution in [3.8, 4) is 11.4 Å². The summed E-state index contributed by atoms with van der Waals surface area (Å²) in [7, 11) is 0. The highest BCUT2D eigenvalue weighted by Gasteiger charge is 2.51. The van der Waals surface area contributed by atoms with Gasteiger partial charge >= 0.3 is 11.9 Å². The van der Waals surface area contributed by atoms with Crippen molar-refractivity contribution in [2.75, 3.05) is 65.7 Å². The van der Waals surface area contributed by atoms with Gasteiger partial charge in [-0.2, -0.15) is 0 Å². The number of ether oxygens (including phenoxy) is 4. The number of aromatic amines is 3. The first-order chi connectivity index (χ1) is 71.3. The molecule has 10 atom stereocenters. The maximum atomic E-state index is 15.8. The van der Waals surface area contributed by atoms with Crippen LogP contribution in [0.25, 0.3) is 55.0 Å². The number of nitrogens with two attached hydrogens (primary N) is 6. The van der Waals surface area contributed by atoms with Crippen LogP contribution in [0.3, 0.4) is 0 Å². The minimum absolute atomic E-state index is 0.00163. The Bertz CT molecular complexity index is 6430. The highest BCUT2D eigenvalue weighted by molar-refractivity contribution is 6.01. The lowest BCUT2D eigenvalue weighted by molar-refractivity contribution is -0.189. The van der Waals surface area contributed by atoms with E-state index in [4.69, 9.17) is 58.3 Å². The first-order valence-electron chi connectivity index (χ1n) is 50.6. The van der Waals surface area contributed by atoms with Crippen LogP contribution in [0.15, 0.2) is 193 Å². The molecule has 5 aromatic heterocycles. The Morgan fingerprint density at radius 3 is 1.31 bits per heavy atom. The first-order valence-corrected chi connectivity index (χ1v) is 50.6. The average Bonchev–Trinajstić information content (AvgIpc) is 1.68. The molecule has 0 saturated carbocycles. The van der Waals surface area contributed by atoms with Crippen molar-refractivity contribution in [1.29, 1.82) is 0 Å². The highest BCUT2D eigenvalue weighted by Crippen LogP contribution is 2.42. The van der Waals surface area contributed by atoms with Crippen molar-refractivity contribution < 1.29 is 81.3 Å². The van der Waals surface area contributed by atoms with E-state index in [1.807, 2.05) is 140 Å². The number of fused-ring (bicyclic) bond motifs is 8. The normalized spacial score (nSPS) is 14.9. The predicted molar refractivity (Wildman–Crippen MR) is 554 cm³/mol. The second-order valence-electron chi connectivity index (χ2n) is 37.1. The SMILES string of the molecule is CC[C@@]1(OC(=O)CCC(=O)NCCOCCOCC(=O)N[C@@H](CCCCN)C(=O)N[C@@H](CCCCN)C(=O)N[C@@H](Cc2c[nH]c3ccccc23)C(=O)N[C@@H](Cc2c[nH]c3ccccc23)C(=O)N[C@@H](CCCCN)C(=O)N[C@@H](CCCCN)C(=O)N[C@@H](Cc2c[nH]c3ccccc23)C(=O)N[C@H](C(=O)N[C@@H](CCCCN)C(N)=O)C(c2ccccc2)c2ccccc2)C(=O)OCc2c1cc1n(c2=O)Cc2cc3ccccc3nc2-1. The lowest BCUT2D eigenvalue weighted by atomic mass is 9.84. The third-order valence-corrected chi connectivity index (χ3v) is 26.8. The fourth-order valence-electron chi connectivity index (χ4n) is 18.9. The summed E-state index contributed by atoms with van der Waals surface area (Å²) in [5.74, 6) is -11.1. The monoisotopic (exact) mass is 2010 g/mol. The zero-order valence-corrected chi connectivity index (χ0v) is 82.7. The number of carbonyl (C=O) groups is 13. The molecular weight excluding hydrogens is 1880 g/mol. The van der Waals surface area contributed by atoms with Crippen LogP contribution in [-0.4, -0.2) is 221 Å². The molecule has 0 aliphatic carbocycles. The molecule has 0 unspecified atom stereocenters. The number of nitrogens with zero attached hydrogens (tertiary/aromatic N) is 2. The van der Waals surface area contributed by atoms with Gasteiger partial charge < -0.3 is 126 Å². The van der Waals surface area contributed by atoms with Crippen molar-refractivity contribution in [3.05, 3.63) is 243 Å². The van der Waals surface area contributed by atoms with E-state index in [2.05, 4.69) is 68.1 Å². The van der Waals surface area contributed by atoms with Gasteiger partial charge in [0.1, 0.15) is 67.6 Å². The van der Waals surface area contributed by atoms with Gasteiger partial charge in [-0.15, -0.1) is 0 Å². The van der Waals surface area contributed by atoms with E-state index in [9.17, 15) is 33.6 Å². The quantitative estimate of drug-likeness (QED) is 0.0175. The van der Waals surface area contributed by atoms with Crippen molar-refractivity contribution in [2.24, 2.45) is 34.4 Å². The lowest BCUT2D eigenvalue weighted by Gasteiger charge is -2.35. The number of hydrogen-bond donors (Lipinski definition) is 19. The minimum Gasteiger partial charge on any atom is -0.457 e. The zero-order valence-electron chi connectivity index (χ0n) is 82.7. The van der Waals surface area contributed by atoms with E-state index >= 15 is 33.6 Å². The van der Waals surface area contributed by atoms with Gasteiger partial charge in [0.15, 0.2) is 0 Å². The number of pyridine rings is 2. The second kappa shape index (κ2) is 54.3. The van der Waals surface area contributed by atoms with Gasteiger partial charge in [0.25, 0.3) is 5.56 Å². The van der Waals surface area contributed by atoms with Crippen LogP contribution < -0.4 is 93.1 Å². The second-order valence-corrected chi connectivity index (χ2v) is 37.1. The maximum Gasteiger partial charge on any atom is 0.355 e. The highest BCUT2D eigenvalue weighted by atomic mass is 16.6. The van der Waals surface area contributed by atoms with Crippen LogP contribution in [0.2, 0.25) is 0 Å². The number of benzene rings is 6. The van der Waals surface area contributed by atoms with Gasteiger partial charge in [-0.1, -0.05) is 140 Å². The van der Waals surface area contributed by atoms with Gasteiger partial charge in [-0.3, -0.25) is 62.3 Å². The number of para-hydroxylation sites is 4. The molecule has 11 aromatic rings. The summed E-state index contributed by atoms with van der Waals surface area (Å²) >= 11 is 0. The topological polar surface area (TPSA) is 618 Å². The van der Waals surface area contributed by atoms with Gasteiger partial charge in [0.2, 0.25) is 70.6 Å². The van der Waals surface area contributed by atoms with E-state index in [0.29, 0.717) is 124 Å². The number of nitrogens with one attached hydrogen (secondary N) is 13. The molecule has 780 valence electrons. The van der Waals surface area contributed by atoms with E-state index in [1.165, 1.54) is 0 Å². The Hall–Kier alpha value is -14.9. The van der Waals surface area contributed by atoms with Gasteiger partial charge in [0.05, 0.1) is 55.3 Å². The van der Waals surface area contributed by atoms with E-state index in [0.717, 1.165) is 21.9 Å². The Morgan fingerprint density at radius 1 is 0.442 bits per heavy atom. The summed E-state index contributed by atoms with van der Waals surface area (Å²) in [6, 6.07) is 38.6. The Kier molecular flexibility index (Phi) is 40.4. The number of cyclic esters (lactones) is 1. The van der Waals surface area contributed by atoms with Crippen LogP contribution in [0.5, 0.6) is 0 Å². The summed E-state index contributed by atoms with van der Waals surface area (Å²) < 4.78 is 24.3. The van der Waals surface area contributed by atoms with E-state index in [-0.39, 0.29) is 154 Å². The molecule has 0 radical (unpaired) electrons. The molecule has 2 aliphatic heterocycles. The maximum absolute atomic E-state index is 15.8. The molecule has 147 heavy (non-hydrogen) atoms. The molecule has 39 nitrogen and oxygen atoms in total. The molecular formula is C108H135N21O18. The van der Waals surface area contributed by atoms with Crippen LogP contribution in [0.4, 0.5) is 0 Å². The molecule has 0 spiro atoms. The van der Waals surface area contributed by atoms with Crippen LogP contribution in [0.1, 0.15) is 173 Å². The summed E-state index contributed by atoms with van der Waals surface area (Å²) in [6.45, 7) is 2.13. The van der Waals surface area contributed by atoms with Crippen molar-refractivity contribution in [2.45, 2.75) is 221 Å². The largest absolute Gasteiger partial charge is 0.457 e. The number of rotatable bonds is 60. The van der Waals surface area contributed by atoms with Crippen molar-refractivity contribution in [3.63, 3.8) is 0 Å². The van der Waals surface area contributed by atoms with Crippen LogP contribution in [-0.2, 0) is 119 Å². The number of unbranched alkanes of at least 4 members (excludes halogenated alkanes) is 5. The van der Waals surface area contributed by atoms with Crippen molar-refractivity contribution >= 4 is 121 Å². The molecule has 0 saturated heterocycles. The molecule has 11 amide bonds. The van der Waals surface area contributed by atoms with Crippen LogP contribution in [0, 0.1) is 0 Å². The molecule has 7 heterocycles. The molecule has 13 rings (SSSR count). The summed E-state index contributed by atoms with van der Waals surface area (Å²) in [5, 5.41) is 31.8. The zero-order chi connectivity index (χ0) is 104. The molecule has 6 aromatic carbocycles. The number of carbonyl (C=O) groups excluding carboxylic acids is 13. The first kappa shape index (κ1) is 109. The smallest absolute Gasteiger partial charge is 0.355 e. The fourth-order valence-corrected chi connectivity index (χ4v) is 18.9. The fraction of sp³-hybridized carbons (Fsp3) is 0.417. The number of primary amides is 1. The number of esters is 2. The summed E-state index contributed by atoms with van der Waals surface area (Å²) in [4.78, 5) is 220. The van der Waals surface area contributed by atoms with Gasteiger partial charge in [-0.25, -0.2) is 9.78 Å². The minimum atomic E-state index is -1.96. The molecule has 0 fully saturated rings. The van der Waals surface area contributed by atoms with Gasteiger partial charge in [0, 0.05) is 106 Å². The standard InChI is InChI=1S/C108H135N21O18/c1-2-108(77-59-90-95-72(55-68-31-9-13-35-78(68)120-95)63-129(90)106(142)76(77)64-146-107(108)143)147-93(132)45-44-91(130)115-51-52-144-53-54-145-65-92(131)119-83(40-18-23-47-110)98(134)122-85(42-20-25-49-112)100(136)125-88(57-70-61-117-80-37-15-11-33-74(70)80)103(139)127-87(56-69-60-116-79-36-14-10-32-73(69)79)102(138)124-84(41-19-24-48-111)99(135)123-86(43-21-26-50-113)101(137)126-89(58-71-62-118-81-38-16-12-34-75(71)81)104(140)128-96(105(141)121-82(97(114)133)39-17-22-46-109)94(66-27-5-3-6-28-66)67-29-7-4-8-30-67/h3-16,27-38,55,59-62,82-89,94,96,116-118H,2,17-26,39-54,56-58,63-65,109-113H2,1H3,(H2,114,133)(H,115,130)(H,119,131)(H,121,141)(H,122,134)(H,123,135)(H,124,138)(H,125,136)(H,126,137)(H,127,139)(H,128,140)/t82-,83-,84-,85-,86-,87-,88-,89-,96-,108-/m0/s1. The summed E-state index contributed by atoms with van der Waals surface area (Å²) in [5.41, 5.74) is 41.6. The number of hydrogen-bond acceptors (Lipinski definition) is 24. The Labute approximate surface area is 850 Å². The third-order valence-electron chi connectivity index (χ3n) is 26.8. The lowest BCUT2D eigenvalue weighted by Crippen LogP contribution is -2.61. The van der Waals surface area contributed by atoms with E-state index < -0.39 is 161 Å². The van der Waals surface area contributed by atoms with E-state index in [1.54, 1.807) is 60.4 Å². The average molecular weight is 2020 g/mol. The van der Waals surface area contributed by atoms with Crippen LogP contribution >= 0.6 is 0 Å². The Balaban J connectivity index is 0.675. The summed E-state index contributed by atoms with van der Waals surface area (Å²) in [6.07, 6.45) is 7.86. The predicted octanol–water partition coefficient (Wildman–Crippen LogP) is 5.06. The molecule has 0 bridgehead atoms. The molecule has 25 N–H and O–H groups in total. The number of aromatic nitrogens is 5. The number of amides is 11.